The fourth-order valence-corrected chi connectivity index (χ4v) is 3.18. The Kier molecular flexibility index (Phi) is 4.59. The molecular formula is C20H19ClN2O. The zero-order valence-electron chi connectivity index (χ0n) is 13.5. The minimum Gasteiger partial charge on any atom is -0.354 e. The van der Waals surface area contributed by atoms with Gasteiger partial charge in [-0.1, -0.05) is 54.1 Å². The fraction of sp³-hybridized carbons (Fsp3) is 0.300. The molecule has 0 heterocycles. The summed E-state index contributed by atoms with van der Waals surface area (Å²) in [5, 5.41) is 13.1. The van der Waals surface area contributed by atoms with E-state index in [9.17, 15) is 10.1 Å². The lowest BCUT2D eigenvalue weighted by atomic mass is 9.84. The maximum atomic E-state index is 12.4. The van der Waals surface area contributed by atoms with Crippen molar-refractivity contribution in [1.29, 1.82) is 5.26 Å². The molecule has 4 heteroatoms. The lowest BCUT2D eigenvalue weighted by molar-refractivity contribution is -0.122. The van der Waals surface area contributed by atoms with E-state index in [0.29, 0.717) is 10.9 Å². The molecule has 3 nitrogen and oxygen atoms in total. The molecule has 3 rings (SSSR count). The minimum atomic E-state index is -0.794. The number of rotatable bonds is 5. The van der Waals surface area contributed by atoms with Crippen LogP contribution in [0.3, 0.4) is 0 Å². The minimum absolute atomic E-state index is 0.00899. The Labute approximate surface area is 147 Å². The molecule has 0 radical (unpaired) electrons. The monoisotopic (exact) mass is 338 g/mol. The van der Waals surface area contributed by atoms with Crippen molar-refractivity contribution >= 4 is 17.5 Å². The van der Waals surface area contributed by atoms with Crippen LogP contribution in [0.15, 0.2) is 54.6 Å². The van der Waals surface area contributed by atoms with Crippen molar-refractivity contribution in [2.75, 3.05) is 6.54 Å². The summed E-state index contributed by atoms with van der Waals surface area (Å²) >= 11 is 6.02. The quantitative estimate of drug-likeness (QED) is 0.894. The SMILES string of the molecule is CC(C#N)(CNC(=O)[C@H]1C[C@@H]1c1ccccc1)c1cccc(Cl)c1. The largest absolute Gasteiger partial charge is 0.354 e. The van der Waals surface area contributed by atoms with Gasteiger partial charge in [-0.15, -0.1) is 0 Å². The van der Waals surface area contributed by atoms with E-state index in [1.807, 2.05) is 37.3 Å². The highest BCUT2D eigenvalue weighted by Crippen LogP contribution is 2.47. The molecule has 0 saturated heterocycles. The van der Waals surface area contributed by atoms with Gasteiger partial charge < -0.3 is 5.32 Å². The van der Waals surface area contributed by atoms with Crippen molar-refractivity contribution in [3.8, 4) is 6.07 Å². The van der Waals surface area contributed by atoms with Gasteiger partial charge in [-0.2, -0.15) is 5.26 Å². The van der Waals surface area contributed by atoms with Gasteiger partial charge in [0.15, 0.2) is 0 Å². The van der Waals surface area contributed by atoms with Crippen molar-refractivity contribution < 1.29 is 4.79 Å². The average Bonchev–Trinajstić information content (AvgIpc) is 3.41. The van der Waals surface area contributed by atoms with E-state index in [0.717, 1.165) is 12.0 Å². The molecule has 1 N–H and O–H groups in total. The smallest absolute Gasteiger partial charge is 0.223 e. The predicted molar refractivity (Wildman–Crippen MR) is 94.7 cm³/mol. The molecular weight excluding hydrogens is 320 g/mol. The van der Waals surface area contributed by atoms with E-state index in [2.05, 4.69) is 23.5 Å². The lowest BCUT2D eigenvalue weighted by Crippen LogP contribution is -2.38. The average molecular weight is 339 g/mol. The Bertz CT molecular complexity index is 784. The molecule has 0 bridgehead atoms. The van der Waals surface area contributed by atoms with Gasteiger partial charge in [-0.05, 0) is 42.5 Å². The molecule has 122 valence electrons. The van der Waals surface area contributed by atoms with Crippen LogP contribution in [0.2, 0.25) is 5.02 Å². The van der Waals surface area contributed by atoms with Crippen molar-refractivity contribution in [2.24, 2.45) is 5.92 Å². The third-order valence-corrected chi connectivity index (χ3v) is 4.91. The number of halogens is 1. The van der Waals surface area contributed by atoms with E-state index in [4.69, 9.17) is 11.6 Å². The van der Waals surface area contributed by atoms with Crippen molar-refractivity contribution in [3.63, 3.8) is 0 Å². The number of nitrogens with one attached hydrogen (secondary N) is 1. The van der Waals surface area contributed by atoms with Gasteiger partial charge in [0.25, 0.3) is 0 Å². The first kappa shape index (κ1) is 16.5. The molecule has 0 aliphatic heterocycles. The van der Waals surface area contributed by atoms with Crippen LogP contribution in [0.5, 0.6) is 0 Å². The molecule has 2 aromatic carbocycles. The molecule has 0 aromatic heterocycles. The summed E-state index contributed by atoms with van der Waals surface area (Å²) in [4.78, 5) is 12.4. The summed E-state index contributed by atoms with van der Waals surface area (Å²) < 4.78 is 0. The zero-order valence-corrected chi connectivity index (χ0v) is 14.3. The molecule has 1 aliphatic carbocycles. The van der Waals surface area contributed by atoms with Crippen LogP contribution >= 0.6 is 11.6 Å². The highest BCUT2D eigenvalue weighted by molar-refractivity contribution is 6.30. The molecule has 1 aliphatic rings. The summed E-state index contributed by atoms with van der Waals surface area (Å²) in [5.74, 6) is 0.327. The van der Waals surface area contributed by atoms with Crippen molar-refractivity contribution in [3.05, 3.63) is 70.7 Å². The number of carbonyl (C=O) groups excluding carboxylic acids is 1. The number of nitrogens with zero attached hydrogens (tertiary/aromatic N) is 1. The lowest BCUT2D eigenvalue weighted by Gasteiger charge is -2.23. The van der Waals surface area contributed by atoms with Crippen LogP contribution in [0.25, 0.3) is 0 Å². The second-order valence-corrected chi connectivity index (χ2v) is 6.97. The Hall–Kier alpha value is -2.31. The molecule has 1 saturated carbocycles. The number of carbonyl (C=O) groups is 1. The van der Waals surface area contributed by atoms with Gasteiger partial charge in [0, 0.05) is 17.5 Å². The Morgan fingerprint density at radius 3 is 2.71 bits per heavy atom. The van der Waals surface area contributed by atoms with Gasteiger partial charge in [-0.3, -0.25) is 4.79 Å². The van der Waals surface area contributed by atoms with Crippen LogP contribution < -0.4 is 5.32 Å². The van der Waals surface area contributed by atoms with Crippen molar-refractivity contribution in [2.45, 2.75) is 24.7 Å². The number of amides is 1. The first-order valence-corrected chi connectivity index (χ1v) is 8.41. The van der Waals surface area contributed by atoms with Crippen LogP contribution in [-0.2, 0) is 10.2 Å². The second kappa shape index (κ2) is 6.67. The Morgan fingerprint density at radius 1 is 1.29 bits per heavy atom. The van der Waals surface area contributed by atoms with Crippen molar-refractivity contribution in [1.82, 2.24) is 5.32 Å². The zero-order chi connectivity index (χ0) is 17.2. The first-order chi connectivity index (χ1) is 11.5. The van der Waals surface area contributed by atoms with Gasteiger partial charge >= 0.3 is 0 Å². The molecule has 0 spiro atoms. The van der Waals surface area contributed by atoms with Crippen LogP contribution in [-0.4, -0.2) is 12.5 Å². The highest BCUT2D eigenvalue weighted by atomic mass is 35.5. The summed E-state index contributed by atoms with van der Waals surface area (Å²) in [6, 6.07) is 19.6. The summed E-state index contributed by atoms with van der Waals surface area (Å²) in [6.07, 6.45) is 0.871. The molecule has 2 aromatic rings. The number of benzene rings is 2. The first-order valence-electron chi connectivity index (χ1n) is 8.03. The molecule has 3 atom stereocenters. The number of hydrogen-bond donors (Lipinski definition) is 1. The van der Waals surface area contributed by atoms with Gasteiger partial charge in [0.05, 0.1) is 11.5 Å². The molecule has 1 unspecified atom stereocenters. The highest BCUT2D eigenvalue weighted by Gasteiger charge is 2.44. The van der Waals surface area contributed by atoms with Crippen LogP contribution in [0, 0.1) is 17.2 Å². The van der Waals surface area contributed by atoms with E-state index >= 15 is 0 Å². The maximum Gasteiger partial charge on any atom is 0.223 e. The number of nitriles is 1. The van der Waals surface area contributed by atoms with E-state index in [1.54, 1.807) is 12.1 Å². The molecule has 1 fully saturated rings. The fourth-order valence-electron chi connectivity index (χ4n) is 2.99. The van der Waals surface area contributed by atoms with Gasteiger partial charge in [0.2, 0.25) is 5.91 Å². The number of hydrogen-bond acceptors (Lipinski definition) is 2. The predicted octanol–water partition coefficient (Wildman–Crippen LogP) is 4.04. The second-order valence-electron chi connectivity index (χ2n) is 6.53. The van der Waals surface area contributed by atoms with Gasteiger partial charge in [0.1, 0.15) is 0 Å². The van der Waals surface area contributed by atoms with Gasteiger partial charge in [-0.25, -0.2) is 0 Å². The summed E-state index contributed by atoms with van der Waals surface area (Å²) in [6.45, 7) is 2.10. The third kappa shape index (κ3) is 3.44. The summed E-state index contributed by atoms with van der Waals surface area (Å²) in [5.41, 5.74) is 1.22. The molecule has 1 amide bonds. The van der Waals surface area contributed by atoms with E-state index in [-0.39, 0.29) is 18.4 Å². The topological polar surface area (TPSA) is 52.9 Å². The standard InChI is InChI=1S/C20H19ClN2O/c1-20(12-22,15-8-5-9-16(21)10-15)13-23-19(24)18-11-17(18)14-6-3-2-4-7-14/h2-10,17-18H,11,13H2,1H3,(H,23,24)/t17-,18+,20?/m1/s1. The Balaban J connectivity index is 1.63. The van der Waals surface area contributed by atoms with Crippen LogP contribution in [0.1, 0.15) is 30.4 Å². The van der Waals surface area contributed by atoms with E-state index < -0.39 is 5.41 Å². The summed E-state index contributed by atoms with van der Waals surface area (Å²) in [7, 11) is 0. The third-order valence-electron chi connectivity index (χ3n) is 4.68. The normalized spacial score (nSPS) is 21.4. The van der Waals surface area contributed by atoms with E-state index in [1.165, 1.54) is 5.56 Å². The van der Waals surface area contributed by atoms with Crippen LogP contribution in [0.4, 0.5) is 0 Å². The Morgan fingerprint density at radius 2 is 2.04 bits per heavy atom. The maximum absolute atomic E-state index is 12.4. The molecule has 24 heavy (non-hydrogen) atoms.